The number of rotatable bonds is 2. The maximum atomic E-state index is 11.1. The van der Waals surface area contributed by atoms with Crippen LogP contribution in [0.4, 0.5) is 0 Å². The quantitative estimate of drug-likeness (QED) is 0.786. The summed E-state index contributed by atoms with van der Waals surface area (Å²) in [5.74, 6) is 6.02. The van der Waals surface area contributed by atoms with Gasteiger partial charge < -0.3 is 5.73 Å². The maximum absolute atomic E-state index is 11.1. The van der Waals surface area contributed by atoms with Crippen molar-refractivity contribution in [2.45, 2.75) is 57.8 Å². The van der Waals surface area contributed by atoms with Gasteiger partial charge in [0.2, 0.25) is 5.91 Å². The van der Waals surface area contributed by atoms with Crippen LogP contribution in [0.3, 0.4) is 0 Å². The summed E-state index contributed by atoms with van der Waals surface area (Å²) >= 11 is 0. The van der Waals surface area contributed by atoms with Crippen molar-refractivity contribution < 1.29 is 4.79 Å². The van der Waals surface area contributed by atoms with Crippen LogP contribution >= 0.6 is 0 Å². The van der Waals surface area contributed by atoms with Gasteiger partial charge >= 0.3 is 0 Å². The first-order chi connectivity index (χ1) is 12.2. The summed E-state index contributed by atoms with van der Waals surface area (Å²) in [5.41, 5.74) is 11.3. The van der Waals surface area contributed by atoms with Crippen molar-refractivity contribution in [2.75, 3.05) is 0 Å². The molecule has 134 valence electrons. The molecule has 2 aromatic rings. The molecule has 0 spiro atoms. The molecule has 0 atom stereocenters. The Labute approximate surface area is 156 Å². The molecule has 0 saturated carbocycles. The van der Waals surface area contributed by atoms with Crippen LogP contribution in [0, 0.1) is 11.8 Å². The molecule has 1 amide bonds. The van der Waals surface area contributed by atoms with Gasteiger partial charge in [0.1, 0.15) is 0 Å². The topological polar surface area (TPSA) is 43.1 Å². The van der Waals surface area contributed by atoms with Gasteiger partial charge in [0, 0.05) is 17.5 Å². The summed E-state index contributed by atoms with van der Waals surface area (Å²) in [6, 6.07) is 14.0. The molecule has 0 heterocycles. The number of fused-ring (bicyclic) bond motifs is 1. The SMILES string of the molecule is CC1(C)CCC(C)(C)c2cc(CC#Cc3ccc(C(N)=O)cc3)ccc21. The van der Waals surface area contributed by atoms with Crippen LogP contribution in [0.5, 0.6) is 0 Å². The minimum absolute atomic E-state index is 0.221. The van der Waals surface area contributed by atoms with E-state index in [0.717, 1.165) is 12.0 Å². The van der Waals surface area contributed by atoms with Crippen molar-refractivity contribution in [2.24, 2.45) is 5.73 Å². The zero-order valence-electron chi connectivity index (χ0n) is 16.1. The van der Waals surface area contributed by atoms with Gasteiger partial charge in [-0.05, 0) is 64.6 Å². The van der Waals surface area contributed by atoms with Crippen LogP contribution in [0.15, 0.2) is 42.5 Å². The molecule has 0 aliphatic heterocycles. The second-order valence-corrected chi connectivity index (χ2v) is 8.57. The van der Waals surface area contributed by atoms with Crippen LogP contribution < -0.4 is 5.73 Å². The Balaban J connectivity index is 1.81. The fraction of sp³-hybridized carbons (Fsp3) is 0.375. The van der Waals surface area contributed by atoms with Gasteiger partial charge in [-0.25, -0.2) is 0 Å². The molecule has 2 N–H and O–H groups in total. The Hall–Kier alpha value is -2.53. The minimum Gasteiger partial charge on any atom is -0.366 e. The van der Waals surface area contributed by atoms with Crippen molar-refractivity contribution in [3.05, 3.63) is 70.3 Å². The molecule has 2 heteroatoms. The van der Waals surface area contributed by atoms with Crippen molar-refractivity contribution in [1.29, 1.82) is 0 Å². The summed E-state index contributed by atoms with van der Waals surface area (Å²) in [5, 5.41) is 0. The molecule has 2 aromatic carbocycles. The Bertz CT molecular complexity index is 892. The average Bonchev–Trinajstić information content (AvgIpc) is 2.59. The number of nitrogens with two attached hydrogens (primary N) is 1. The van der Waals surface area contributed by atoms with Gasteiger partial charge in [0.05, 0.1) is 0 Å². The Kier molecular flexibility index (Phi) is 4.67. The second-order valence-electron chi connectivity index (χ2n) is 8.57. The van der Waals surface area contributed by atoms with E-state index in [1.165, 1.54) is 29.5 Å². The normalized spacial score (nSPS) is 16.9. The van der Waals surface area contributed by atoms with Crippen LogP contribution in [-0.2, 0) is 17.3 Å². The highest BCUT2D eigenvalue weighted by molar-refractivity contribution is 5.92. The zero-order chi connectivity index (χ0) is 18.9. The number of benzene rings is 2. The molecule has 0 radical (unpaired) electrons. The lowest BCUT2D eigenvalue weighted by Gasteiger charge is -2.42. The van der Waals surface area contributed by atoms with Gasteiger partial charge in [0.25, 0.3) is 0 Å². The first-order valence-corrected chi connectivity index (χ1v) is 9.22. The van der Waals surface area contributed by atoms with Crippen LogP contribution in [-0.4, -0.2) is 5.91 Å². The molecule has 1 aliphatic rings. The third-order valence-corrected chi connectivity index (χ3v) is 5.61. The summed E-state index contributed by atoms with van der Waals surface area (Å²) in [6.45, 7) is 9.38. The largest absolute Gasteiger partial charge is 0.366 e. The summed E-state index contributed by atoms with van der Waals surface area (Å²) in [6.07, 6.45) is 3.17. The highest BCUT2D eigenvalue weighted by Crippen LogP contribution is 2.45. The molecule has 2 nitrogen and oxygen atoms in total. The molecule has 0 unspecified atom stereocenters. The molecule has 0 saturated heterocycles. The summed E-state index contributed by atoms with van der Waals surface area (Å²) in [4.78, 5) is 11.1. The fourth-order valence-corrected chi connectivity index (χ4v) is 3.71. The first kappa shape index (κ1) is 18.3. The maximum Gasteiger partial charge on any atom is 0.248 e. The van der Waals surface area contributed by atoms with E-state index in [0.29, 0.717) is 5.56 Å². The summed E-state index contributed by atoms with van der Waals surface area (Å²) in [7, 11) is 0. The van der Waals surface area contributed by atoms with Gasteiger partial charge in [-0.3, -0.25) is 4.79 Å². The zero-order valence-corrected chi connectivity index (χ0v) is 16.1. The van der Waals surface area contributed by atoms with Crippen LogP contribution in [0.25, 0.3) is 0 Å². The van der Waals surface area contributed by atoms with Crippen LogP contribution in [0.2, 0.25) is 0 Å². The molecule has 3 rings (SSSR count). The van der Waals surface area contributed by atoms with E-state index in [2.05, 4.69) is 57.7 Å². The predicted molar refractivity (Wildman–Crippen MR) is 107 cm³/mol. The van der Waals surface area contributed by atoms with Gasteiger partial charge in [-0.1, -0.05) is 57.7 Å². The fourth-order valence-electron chi connectivity index (χ4n) is 3.71. The second kappa shape index (κ2) is 6.65. The molecule has 0 fully saturated rings. The first-order valence-electron chi connectivity index (χ1n) is 9.22. The number of hydrogen-bond acceptors (Lipinski definition) is 1. The highest BCUT2D eigenvalue weighted by atomic mass is 16.1. The van der Waals surface area contributed by atoms with Gasteiger partial charge in [0.15, 0.2) is 0 Å². The lowest BCUT2D eigenvalue weighted by Crippen LogP contribution is -2.33. The van der Waals surface area contributed by atoms with Crippen LogP contribution in [0.1, 0.15) is 73.1 Å². The third-order valence-electron chi connectivity index (χ3n) is 5.61. The molecule has 1 aliphatic carbocycles. The van der Waals surface area contributed by atoms with Gasteiger partial charge in [-0.15, -0.1) is 0 Å². The van der Waals surface area contributed by atoms with E-state index >= 15 is 0 Å². The smallest absolute Gasteiger partial charge is 0.248 e. The van der Waals surface area contributed by atoms with E-state index in [-0.39, 0.29) is 10.8 Å². The number of carbonyl (C=O) groups is 1. The lowest BCUT2D eigenvalue weighted by molar-refractivity contribution is 0.100. The predicted octanol–water partition coefficient (Wildman–Crippen LogP) is 4.73. The van der Waals surface area contributed by atoms with Crippen molar-refractivity contribution in [3.63, 3.8) is 0 Å². The van der Waals surface area contributed by atoms with Crippen molar-refractivity contribution in [3.8, 4) is 11.8 Å². The standard InChI is InChI=1S/C24H27NO/c1-23(2)14-15-24(3,4)21-16-18(10-13-20(21)23)7-5-6-17-8-11-19(12-9-17)22(25)26/h8-13,16H,7,14-15H2,1-4H3,(H2,25,26). The van der Waals surface area contributed by atoms with E-state index in [4.69, 9.17) is 5.73 Å². The van der Waals surface area contributed by atoms with Crippen molar-refractivity contribution in [1.82, 2.24) is 0 Å². The monoisotopic (exact) mass is 345 g/mol. The Morgan fingerprint density at radius 1 is 0.962 bits per heavy atom. The van der Waals surface area contributed by atoms with E-state index in [1.807, 2.05) is 12.1 Å². The minimum atomic E-state index is -0.413. The number of carbonyl (C=O) groups excluding carboxylic acids is 1. The van der Waals surface area contributed by atoms with E-state index in [9.17, 15) is 4.79 Å². The van der Waals surface area contributed by atoms with E-state index < -0.39 is 5.91 Å². The highest BCUT2D eigenvalue weighted by Gasteiger charge is 2.36. The molecule has 0 aromatic heterocycles. The lowest BCUT2D eigenvalue weighted by atomic mass is 9.63. The Morgan fingerprint density at radius 2 is 1.58 bits per heavy atom. The van der Waals surface area contributed by atoms with E-state index in [1.54, 1.807) is 12.1 Å². The number of amides is 1. The third kappa shape index (κ3) is 3.68. The number of primary amides is 1. The molecular formula is C24H27NO. The molecular weight excluding hydrogens is 318 g/mol. The average molecular weight is 345 g/mol. The molecule has 0 bridgehead atoms. The summed E-state index contributed by atoms with van der Waals surface area (Å²) < 4.78 is 0. The number of hydrogen-bond donors (Lipinski definition) is 1. The Morgan fingerprint density at radius 3 is 2.19 bits per heavy atom. The molecule has 26 heavy (non-hydrogen) atoms. The van der Waals surface area contributed by atoms with Crippen molar-refractivity contribution >= 4 is 5.91 Å². The van der Waals surface area contributed by atoms with Gasteiger partial charge in [-0.2, -0.15) is 0 Å².